The average molecular weight is 329 g/mol. The molecule has 0 saturated heterocycles. The second-order valence-corrected chi connectivity index (χ2v) is 5.37. The first-order chi connectivity index (χ1) is 11.4. The number of alkyl halides is 3. The highest BCUT2D eigenvalue weighted by molar-refractivity contribution is 5.79. The zero-order valence-electron chi connectivity index (χ0n) is 12.8. The second-order valence-electron chi connectivity index (χ2n) is 5.37. The van der Waals surface area contributed by atoms with E-state index in [1.807, 2.05) is 31.2 Å². The minimum atomic E-state index is -4.38. The zero-order chi connectivity index (χ0) is 17.2. The summed E-state index contributed by atoms with van der Waals surface area (Å²) in [7, 11) is 0. The summed E-state index contributed by atoms with van der Waals surface area (Å²) in [4.78, 5) is 4.28. The van der Waals surface area contributed by atoms with Crippen LogP contribution in [-0.2, 0) is 6.18 Å². The number of rotatable bonds is 3. The molecule has 24 heavy (non-hydrogen) atoms. The number of hydrogen-bond donors (Lipinski definition) is 0. The van der Waals surface area contributed by atoms with E-state index in [-0.39, 0.29) is 0 Å². The molecule has 0 atom stereocenters. The van der Waals surface area contributed by atoms with Gasteiger partial charge in [-0.25, -0.2) is 0 Å². The van der Waals surface area contributed by atoms with Crippen LogP contribution in [0.2, 0.25) is 0 Å². The summed E-state index contributed by atoms with van der Waals surface area (Å²) >= 11 is 0. The number of benzene rings is 2. The molecule has 0 saturated carbocycles. The van der Waals surface area contributed by atoms with Crippen LogP contribution in [0.3, 0.4) is 0 Å². The van der Waals surface area contributed by atoms with E-state index >= 15 is 0 Å². The summed E-state index contributed by atoms with van der Waals surface area (Å²) in [5, 5.41) is 0. The smallest absolute Gasteiger partial charge is 0.416 e. The molecule has 2 aromatic carbocycles. The molecule has 0 aliphatic rings. The standard InChI is InChI=1S/C19H14F3NO/c1-13-5-7-16(8-6-13)23-12-17-9-10-18(24-17)14-3-2-4-15(11-14)19(20,21)22/h2-12H,1H3. The first kappa shape index (κ1) is 16.1. The van der Waals surface area contributed by atoms with E-state index in [0.717, 1.165) is 23.4 Å². The van der Waals surface area contributed by atoms with E-state index in [1.165, 1.54) is 6.07 Å². The van der Waals surface area contributed by atoms with E-state index < -0.39 is 11.7 Å². The SMILES string of the molecule is Cc1ccc(N=Cc2ccc(-c3cccc(C(F)(F)F)c3)o2)cc1. The summed E-state index contributed by atoms with van der Waals surface area (Å²) < 4.78 is 43.9. The van der Waals surface area contributed by atoms with Crippen LogP contribution in [0.1, 0.15) is 16.9 Å². The Hall–Kier alpha value is -2.82. The van der Waals surface area contributed by atoms with Gasteiger partial charge in [-0.05, 0) is 43.3 Å². The van der Waals surface area contributed by atoms with Crippen LogP contribution in [-0.4, -0.2) is 6.21 Å². The van der Waals surface area contributed by atoms with Crippen molar-refractivity contribution in [2.45, 2.75) is 13.1 Å². The third kappa shape index (κ3) is 3.74. The molecule has 5 heteroatoms. The molecule has 1 aromatic heterocycles. The Balaban J connectivity index is 1.82. The Bertz CT molecular complexity index is 861. The fourth-order valence-corrected chi connectivity index (χ4v) is 2.20. The molecule has 0 bridgehead atoms. The molecule has 0 spiro atoms. The molecule has 0 unspecified atom stereocenters. The highest BCUT2D eigenvalue weighted by atomic mass is 19.4. The van der Waals surface area contributed by atoms with Gasteiger partial charge >= 0.3 is 6.18 Å². The molecular formula is C19H14F3NO. The van der Waals surface area contributed by atoms with Gasteiger partial charge in [0.1, 0.15) is 11.5 Å². The fraction of sp³-hybridized carbons (Fsp3) is 0.105. The van der Waals surface area contributed by atoms with Gasteiger partial charge in [0.25, 0.3) is 0 Å². The Kier molecular flexibility index (Phi) is 4.25. The van der Waals surface area contributed by atoms with Gasteiger partial charge in [0.2, 0.25) is 0 Å². The Morgan fingerprint density at radius 1 is 0.958 bits per heavy atom. The van der Waals surface area contributed by atoms with Gasteiger partial charge in [0.05, 0.1) is 17.5 Å². The van der Waals surface area contributed by atoms with Gasteiger partial charge < -0.3 is 4.42 Å². The van der Waals surface area contributed by atoms with Crippen LogP contribution >= 0.6 is 0 Å². The van der Waals surface area contributed by atoms with E-state index in [1.54, 1.807) is 24.4 Å². The van der Waals surface area contributed by atoms with Crippen molar-refractivity contribution >= 4 is 11.9 Å². The molecule has 0 radical (unpaired) electrons. The van der Waals surface area contributed by atoms with Crippen LogP contribution in [0.4, 0.5) is 18.9 Å². The van der Waals surface area contributed by atoms with E-state index in [0.29, 0.717) is 17.1 Å². The number of halogens is 3. The first-order valence-electron chi connectivity index (χ1n) is 7.30. The third-order valence-electron chi connectivity index (χ3n) is 3.48. The molecular weight excluding hydrogens is 315 g/mol. The summed E-state index contributed by atoms with van der Waals surface area (Å²) in [5.74, 6) is 0.842. The molecule has 0 fully saturated rings. The lowest BCUT2D eigenvalue weighted by atomic mass is 10.1. The van der Waals surface area contributed by atoms with Crippen molar-refractivity contribution in [3.05, 3.63) is 77.6 Å². The summed E-state index contributed by atoms with van der Waals surface area (Å²) in [6.45, 7) is 1.99. The largest absolute Gasteiger partial charge is 0.455 e. The quantitative estimate of drug-likeness (QED) is 0.539. The van der Waals surface area contributed by atoms with Gasteiger partial charge in [-0.1, -0.05) is 29.8 Å². The molecule has 2 nitrogen and oxygen atoms in total. The number of aryl methyl sites for hydroxylation is 1. The molecule has 3 rings (SSSR count). The minimum absolute atomic E-state index is 0.367. The summed E-state index contributed by atoms with van der Waals surface area (Å²) in [6.07, 6.45) is -2.83. The van der Waals surface area contributed by atoms with Gasteiger partial charge in [0.15, 0.2) is 0 Å². The maximum absolute atomic E-state index is 12.8. The van der Waals surface area contributed by atoms with Gasteiger partial charge in [-0.15, -0.1) is 0 Å². The van der Waals surface area contributed by atoms with Crippen LogP contribution in [0.25, 0.3) is 11.3 Å². The second kappa shape index (κ2) is 6.35. The van der Waals surface area contributed by atoms with Crippen molar-refractivity contribution in [2.75, 3.05) is 0 Å². The third-order valence-corrected chi connectivity index (χ3v) is 3.48. The van der Waals surface area contributed by atoms with Crippen molar-refractivity contribution in [3.63, 3.8) is 0 Å². The Labute approximate surface area is 137 Å². The van der Waals surface area contributed by atoms with Crippen LogP contribution < -0.4 is 0 Å². The van der Waals surface area contributed by atoms with Gasteiger partial charge in [-0.3, -0.25) is 4.99 Å². The van der Waals surface area contributed by atoms with Crippen LogP contribution in [0.15, 0.2) is 70.1 Å². The van der Waals surface area contributed by atoms with Crippen molar-refractivity contribution in [1.82, 2.24) is 0 Å². The zero-order valence-corrected chi connectivity index (χ0v) is 12.8. The fourth-order valence-electron chi connectivity index (χ4n) is 2.20. The van der Waals surface area contributed by atoms with Crippen molar-refractivity contribution < 1.29 is 17.6 Å². The summed E-state index contributed by atoms with van der Waals surface area (Å²) in [5.41, 5.74) is 1.59. The molecule has 3 aromatic rings. The predicted octanol–water partition coefficient (Wildman–Crippen LogP) is 6.02. The maximum Gasteiger partial charge on any atom is 0.416 e. The molecule has 122 valence electrons. The molecule has 1 heterocycles. The lowest BCUT2D eigenvalue weighted by Crippen LogP contribution is -2.04. The van der Waals surface area contributed by atoms with Crippen molar-refractivity contribution in [2.24, 2.45) is 4.99 Å². The van der Waals surface area contributed by atoms with Gasteiger partial charge in [-0.2, -0.15) is 13.2 Å². The monoisotopic (exact) mass is 329 g/mol. The Morgan fingerprint density at radius 3 is 2.42 bits per heavy atom. The first-order valence-corrected chi connectivity index (χ1v) is 7.30. The highest BCUT2D eigenvalue weighted by Crippen LogP contribution is 2.32. The number of nitrogens with zero attached hydrogens (tertiary/aromatic N) is 1. The van der Waals surface area contributed by atoms with Crippen LogP contribution in [0, 0.1) is 6.92 Å². The summed E-state index contributed by atoms with van der Waals surface area (Å²) in [6, 6.07) is 16.0. The number of aliphatic imine (C=N–C) groups is 1. The van der Waals surface area contributed by atoms with Crippen LogP contribution in [0.5, 0.6) is 0 Å². The van der Waals surface area contributed by atoms with Gasteiger partial charge in [0, 0.05) is 5.56 Å². The molecule has 0 amide bonds. The average Bonchev–Trinajstić information content (AvgIpc) is 3.03. The molecule has 0 aliphatic heterocycles. The predicted molar refractivity (Wildman–Crippen MR) is 87.6 cm³/mol. The van der Waals surface area contributed by atoms with E-state index in [9.17, 15) is 13.2 Å². The van der Waals surface area contributed by atoms with E-state index in [2.05, 4.69) is 4.99 Å². The molecule has 0 N–H and O–H groups in total. The number of furan rings is 1. The minimum Gasteiger partial charge on any atom is -0.455 e. The Morgan fingerprint density at radius 2 is 1.71 bits per heavy atom. The topological polar surface area (TPSA) is 25.5 Å². The lowest BCUT2D eigenvalue weighted by Gasteiger charge is -2.07. The highest BCUT2D eigenvalue weighted by Gasteiger charge is 2.30. The van der Waals surface area contributed by atoms with Crippen molar-refractivity contribution in [1.29, 1.82) is 0 Å². The van der Waals surface area contributed by atoms with E-state index in [4.69, 9.17) is 4.42 Å². The maximum atomic E-state index is 12.8. The number of hydrogen-bond acceptors (Lipinski definition) is 2. The lowest BCUT2D eigenvalue weighted by molar-refractivity contribution is -0.137. The van der Waals surface area contributed by atoms with Crippen molar-refractivity contribution in [3.8, 4) is 11.3 Å². The molecule has 0 aliphatic carbocycles. The normalized spacial score (nSPS) is 12.0.